The Balaban J connectivity index is 1.57. The van der Waals surface area contributed by atoms with Gasteiger partial charge in [-0.1, -0.05) is 57.0 Å². The summed E-state index contributed by atoms with van der Waals surface area (Å²) < 4.78 is 0. The van der Waals surface area contributed by atoms with Crippen LogP contribution in [0.15, 0.2) is 30.3 Å². The molecular formula is C20H27N3O3. The predicted octanol–water partition coefficient (Wildman–Crippen LogP) is 2.41. The molecule has 2 N–H and O–H groups in total. The fraction of sp³-hybridized carbons (Fsp3) is 0.550. The molecule has 0 bridgehead atoms. The lowest BCUT2D eigenvalue weighted by Gasteiger charge is -2.36. The van der Waals surface area contributed by atoms with Crippen molar-refractivity contribution in [3.8, 4) is 0 Å². The molecule has 4 amide bonds. The van der Waals surface area contributed by atoms with E-state index >= 15 is 0 Å². The first kappa shape index (κ1) is 18.4. The van der Waals surface area contributed by atoms with E-state index < -0.39 is 11.6 Å². The molecule has 1 aliphatic heterocycles. The standard InChI is InChI=1S/C20H27N3O3/c1-14(16-9-4-3-5-10-16)12-21-17(24)13-23-18(25)20(22-19(23)26)11-7-6-8-15(20)2/h3-5,9-10,14-15H,6-8,11-13H2,1-2H3,(H,21,24)(H,22,26)/t14-,15-,20-/m1/s1. The monoisotopic (exact) mass is 357 g/mol. The van der Waals surface area contributed by atoms with Gasteiger partial charge in [0.2, 0.25) is 5.91 Å². The minimum absolute atomic E-state index is 0.0962. The van der Waals surface area contributed by atoms with Crippen molar-refractivity contribution in [3.63, 3.8) is 0 Å². The molecule has 1 saturated heterocycles. The third-order valence-electron chi connectivity index (χ3n) is 5.78. The minimum atomic E-state index is -0.813. The molecule has 26 heavy (non-hydrogen) atoms. The smallest absolute Gasteiger partial charge is 0.325 e. The summed E-state index contributed by atoms with van der Waals surface area (Å²) in [7, 11) is 0. The van der Waals surface area contributed by atoms with Gasteiger partial charge in [-0.15, -0.1) is 0 Å². The molecule has 140 valence electrons. The van der Waals surface area contributed by atoms with Crippen LogP contribution in [0.4, 0.5) is 4.79 Å². The summed E-state index contributed by atoms with van der Waals surface area (Å²) in [5.41, 5.74) is 0.324. The quantitative estimate of drug-likeness (QED) is 0.795. The van der Waals surface area contributed by atoms with Crippen molar-refractivity contribution < 1.29 is 14.4 Å². The van der Waals surface area contributed by atoms with Crippen LogP contribution in [0, 0.1) is 5.92 Å². The fourth-order valence-electron chi connectivity index (χ4n) is 4.00. The molecule has 1 heterocycles. The van der Waals surface area contributed by atoms with Gasteiger partial charge < -0.3 is 10.6 Å². The van der Waals surface area contributed by atoms with Gasteiger partial charge in [0, 0.05) is 6.54 Å². The first-order valence-corrected chi connectivity index (χ1v) is 9.40. The highest BCUT2D eigenvalue weighted by Crippen LogP contribution is 2.38. The molecule has 1 aromatic carbocycles. The fourth-order valence-corrected chi connectivity index (χ4v) is 4.00. The van der Waals surface area contributed by atoms with Crippen LogP contribution >= 0.6 is 0 Å². The van der Waals surface area contributed by atoms with Crippen LogP contribution in [-0.2, 0) is 9.59 Å². The Labute approximate surface area is 154 Å². The Bertz CT molecular complexity index is 691. The number of nitrogens with zero attached hydrogens (tertiary/aromatic N) is 1. The highest BCUT2D eigenvalue weighted by atomic mass is 16.2. The van der Waals surface area contributed by atoms with E-state index in [1.165, 1.54) is 0 Å². The van der Waals surface area contributed by atoms with E-state index in [-0.39, 0.29) is 30.2 Å². The number of amides is 4. The molecule has 2 aliphatic rings. The first-order chi connectivity index (χ1) is 12.4. The zero-order valence-electron chi connectivity index (χ0n) is 15.5. The molecular weight excluding hydrogens is 330 g/mol. The number of imide groups is 1. The number of hydrogen-bond acceptors (Lipinski definition) is 3. The number of carbonyl (C=O) groups excluding carboxylic acids is 3. The van der Waals surface area contributed by atoms with Crippen LogP contribution in [0.2, 0.25) is 0 Å². The normalized spacial score (nSPS) is 26.7. The van der Waals surface area contributed by atoms with E-state index in [0.29, 0.717) is 13.0 Å². The lowest BCUT2D eigenvalue weighted by atomic mass is 9.73. The second-order valence-corrected chi connectivity index (χ2v) is 7.56. The Morgan fingerprint density at radius 1 is 1.31 bits per heavy atom. The average molecular weight is 357 g/mol. The Morgan fingerprint density at radius 2 is 2.04 bits per heavy atom. The maximum atomic E-state index is 12.9. The van der Waals surface area contributed by atoms with Gasteiger partial charge >= 0.3 is 6.03 Å². The van der Waals surface area contributed by atoms with Gasteiger partial charge in [-0.2, -0.15) is 0 Å². The van der Waals surface area contributed by atoms with Crippen LogP contribution in [0.3, 0.4) is 0 Å². The molecule has 1 saturated carbocycles. The van der Waals surface area contributed by atoms with E-state index in [1.54, 1.807) is 0 Å². The van der Waals surface area contributed by atoms with Gasteiger partial charge in [0.15, 0.2) is 0 Å². The van der Waals surface area contributed by atoms with E-state index in [0.717, 1.165) is 29.7 Å². The van der Waals surface area contributed by atoms with E-state index in [1.807, 2.05) is 44.2 Å². The molecule has 0 unspecified atom stereocenters. The molecule has 6 heteroatoms. The van der Waals surface area contributed by atoms with Crippen LogP contribution in [-0.4, -0.2) is 41.4 Å². The number of nitrogens with one attached hydrogen (secondary N) is 2. The van der Waals surface area contributed by atoms with E-state index in [2.05, 4.69) is 10.6 Å². The highest BCUT2D eigenvalue weighted by Gasteiger charge is 2.55. The summed E-state index contributed by atoms with van der Waals surface area (Å²) in [6, 6.07) is 9.46. The average Bonchev–Trinajstić information content (AvgIpc) is 2.88. The van der Waals surface area contributed by atoms with Crippen molar-refractivity contribution in [3.05, 3.63) is 35.9 Å². The van der Waals surface area contributed by atoms with Gasteiger partial charge in [0.05, 0.1) is 0 Å². The topological polar surface area (TPSA) is 78.5 Å². The van der Waals surface area contributed by atoms with Crippen LogP contribution in [0.5, 0.6) is 0 Å². The molecule has 1 spiro atoms. The van der Waals surface area contributed by atoms with Gasteiger partial charge in [-0.05, 0) is 30.2 Å². The van der Waals surface area contributed by atoms with Crippen molar-refractivity contribution in [2.24, 2.45) is 5.92 Å². The number of rotatable bonds is 5. The summed E-state index contributed by atoms with van der Waals surface area (Å²) in [6.45, 7) is 4.28. The zero-order chi connectivity index (χ0) is 18.7. The van der Waals surface area contributed by atoms with Gasteiger partial charge in [0.1, 0.15) is 12.1 Å². The highest BCUT2D eigenvalue weighted by molar-refractivity contribution is 6.09. The number of benzene rings is 1. The molecule has 6 nitrogen and oxygen atoms in total. The van der Waals surface area contributed by atoms with Crippen molar-refractivity contribution in [1.29, 1.82) is 0 Å². The number of hydrogen-bond donors (Lipinski definition) is 2. The van der Waals surface area contributed by atoms with Crippen molar-refractivity contribution in [2.75, 3.05) is 13.1 Å². The van der Waals surface area contributed by atoms with Gasteiger partial charge in [-0.3, -0.25) is 14.5 Å². The summed E-state index contributed by atoms with van der Waals surface area (Å²) in [6.07, 6.45) is 3.57. The summed E-state index contributed by atoms with van der Waals surface area (Å²) in [5.74, 6) is -0.301. The lowest BCUT2D eigenvalue weighted by molar-refractivity contribution is -0.137. The Kier molecular flexibility index (Phi) is 5.30. The molecule has 1 aromatic rings. The number of urea groups is 1. The van der Waals surface area contributed by atoms with Crippen molar-refractivity contribution >= 4 is 17.8 Å². The maximum absolute atomic E-state index is 12.9. The molecule has 3 rings (SSSR count). The molecule has 0 radical (unpaired) electrons. The van der Waals surface area contributed by atoms with Crippen LogP contribution < -0.4 is 10.6 Å². The minimum Gasteiger partial charge on any atom is -0.354 e. The maximum Gasteiger partial charge on any atom is 0.325 e. The SMILES string of the molecule is C[C@H](CNC(=O)CN1C(=O)N[C@@]2(CCCC[C@H]2C)C1=O)c1ccccc1. The second kappa shape index (κ2) is 7.48. The summed E-state index contributed by atoms with van der Waals surface area (Å²) in [4.78, 5) is 38.5. The Morgan fingerprint density at radius 3 is 2.73 bits per heavy atom. The van der Waals surface area contributed by atoms with Crippen molar-refractivity contribution in [1.82, 2.24) is 15.5 Å². The molecule has 0 aromatic heterocycles. The van der Waals surface area contributed by atoms with Crippen LogP contribution in [0.1, 0.15) is 51.0 Å². The van der Waals surface area contributed by atoms with Gasteiger partial charge in [-0.25, -0.2) is 4.79 Å². The third-order valence-corrected chi connectivity index (χ3v) is 5.78. The molecule has 3 atom stereocenters. The Hall–Kier alpha value is -2.37. The zero-order valence-corrected chi connectivity index (χ0v) is 15.5. The van der Waals surface area contributed by atoms with E-state index in [9.17, 15) is 14.4 Å². The predicted molar refractivity (Wildman–Crippen MR) is 98.5 cm³/mol. The lowest BCUT2D eigenvalue weighted by Crippen LogP contribution is -2.54. The van der Waals surface area contributed by atoms with Crippen LogP contribution in [0.25, 0.3) is 0 Å². The van der Waals surface area contributed by atoms with Crippen molar-refractivity contribution in [2.45, 2.75) is 51.0 Å². The molecule has 2 fully saturated rings. The second-order valence-electron chi connectivity index (χ2n) is 7.56. The largest absolute Gasteiger partial charge is 0.354 e. The first-order valence-electron chi connectivity index (χ1n) is 9.40. The summed E-state index contributed by atoms with van der Waals surface area (Å²) >= 11 is 0. The third kappa shape index (κ3) is 3.45. The van der Waals surface area contributed by atoms with E-state index in [4.69, 9.17) is 0 Å². The summed E-state index contributed by atoms with van der Waals surface area (Å²) in [5, 5.41) is 5.71. The van der Waals surface area contributed by atoms with Gasteiger partial charge in [0.25, 0.3) is 5.91 Å². The number of carbonyl (C=O) groups is 3. The molecule has 1 aliphatic carbocycles.